The molecular formula is C17H24O. The molecule has 0 amide bonds. The summed E-state index contributed by atoms with van der Waals surface area (Å²) in [6, 6.07) is 7.02. The maximum Gasteiger partial charge on any atom is 0.122 e. The van der Waals surface area contributed by atoms with Crippen LogP contribution in [0, 0.1) is 5.92 Å². The summed E-state index contributed by atoms with van der Waals surface area (Å²) in [7, 11) is 0. The Morgan fingerprint density at radius 2 is 1.89 bits per heavy atom. The molecule has 0 N–H and O–H groups in total. The predicted octanol–water partition coefficient (Wildman–Crippen LogP) is 4.48. The van der Waals surface area contributed by atoms with Crippen LogP contribution in [0.5, 0.6) is 5.75 Å². The molecule has 0 radical (unpaired) electrons. The number of fused-ring (bicyclic) bond motifs is 1. The van der Waals surface area contributed by atoms with E-state index in [1.807, 2.05) is 0 Å². The second kappa shape index (κ2) is 4.60. The van der Waals surface area contributed by atoms with E-state index in [9.17, 15) is 0 Å². The lowest BCUT2D eigenvalue weighted by atomic mass is 9.63. The summed E-state index contributed by atoms with van der Waals surface area (Å²) >= 11 is 0. The zero-order valence-electron chi connectivity index (χ0n) is 11.7. The van der Waals surface area contributed by atoms with Gasteiger partial charge >= 0.3 is 0 Å². The molecule has 0 aromatic heterocycles. The summed E-state index contributed by atoms with van der Waals surface area (Å²) in [5, 5.41) is 0. The van der Waals surface area contributed by atoms with Crippen molar-refractivity contribution in [2.45, 2.75) is 57.8 Å². The standard InChI is InChI=1S/C17H24O/c1-13(2)17(9-4-3-5-10-17)15-7-6-14-8-11-18-16(14)12-15/h6-7,12-13H,3-5,8-11H2,1-2H3. The molecule has 3 rings (SSSR count). The second-order valence-corrected chi connectivity index (χ2v) is 6.29. The van der Waals surface area contributed by atoms with E-state index in [0.717, 1.165) is 24.7 Å². The molecule has 1 aromatic carbocycles. The highest BCUT2D eigenvalue weighted by Crippen LogP contribution is 2.46. The molecule has 1 nitrogen and oxygen atoms in total. The summed E-state index contributed by atoms with van der Waals surface area (Å²) in [4.78, 5) is 0. The van der Waals surface area contributed by atoms with Crippen molar-refractivity contribution >= 4 is 0 Å². The number of hydrogen-bond acceptors (Lipinski definition) is 1. The summed E-state index contributed by atoms with van der Waals surface area (Å²) in [6.07, 6.45) is 7.97. The van der Waals surface area contributed by atoms with Gasteiger partial charge in [-0.2, -0.15) is 0 Å². The fourth-order valence-corrected chi connectivity index (χ4v) is 3.86. The van der Waals surface area contributed by atoms with Gasteiger partial charge in [-0.25, -0.2) is 0 Å². The van der Waals surface area contributed by atoms with E-state index in [4.69, 9.17) is 4.74 Å². The number of hydrogen-bond donors (Lipinski definition) is 0. The van der Waals surface area contributed by atoms with Gasteiger partial charge in [0.2, 0.25) is 0 Å². The normalized spacial score (nSPS) is 21.7. The largest absolute Gasteiger partial charge is 0.493 e. The monoisotopic (exact) mass is 244 g/mol. The SMILES string of the molecule is CC(C)C1(c2ccc3c(c2)OCC3)CCCCC1. The van der Waals surface area contributed by atoms with Crippen LogP contribution in [0.2, 0.25) is 0 Å². The molecule has 1 aliphatic carbocycles. The average Bonchev–Trinajstić information content (AvgIpc) is 2.86. The zero-order chi connectivity index (χ0) is 12.6. The molecule has 1 saturated carbocycles. The first kappa shape index (κ1) is 12.1. The third kappa shape index (κ3) is 1.84. The van der Waals surface area contributed by atoms with Crippen LogP contribution >= 0.6 is 0 Å². The van der Waals surface area contributed by atoms with E-state index in [1.165, 1.54) is 43.2 Å². The van der Waals surface area contributed by atoms with Gasteiger partial charge in [0.25, 0.3) is 0 Å². The summed E-state index contributed by atoms with van der Waals surface area (Å²) < 4.78 is 5.75. The van der Waals surface area contributed by atoms with Crippen LogP contribution in [0.4, 0.5) is 0 Å². The molecule has 1 aromatic rings. The molecule has 1 heteroatoms. The molecule has 18 heavy (non-hydrogen) atoms. The molecule has 1 fully saturated rings. The topological polar surface area (TPSA) is 9.23 Å². The fraction of sp³-hybridized carbons (Fsp3) is 0.647. The molecule has 0 bridgehead atoms. The van der Waals surface area contributed by atoms with Gasteiger partial charge in [0, 0.05) is 6.42 Å². The van der Waals surface area contributed by atoms with Gasteiger partial charge in [-0.05, 0) is 41.4 Å². The highest BCUT2D eigenvalue weighted by Gasteiger charge is 2.37. The van der Waals surface area contributed by atoms with Crippen molar-refractivity contribution in [1.29, 1.82) is 0 Å². The first-order chi connectivity index (χ1) is 8.72. The highest BCUT2D eigenvalue weighted by molar-refractivity contribution is 5.43. The molecule has 98 valence electrons. The lowest BCUT2D eigenvalue weighted by Crippen LogP contribution is -2.34. The van der Waals surface area contributed by atoms with Crippen LogP contribution in [0.25, 0.3) is 0 Å². The molecule has 1 aliphatic heterocycles. The maximum absolute atomic E-state index is 5.75. The van der Waals surface area contributed by atoms with Gasteiger partial charge in [0.15, 0.2) is 0 Å². The molecule has 2 aliphatic rings. The molecule has 0 unspecified atom stereocenters. The predicted molar refractivity (Wildman–Crippen MR) is 75.2 cm³/mol. The lowest BCUT2D eigenvalue weighted by Gasteiger charge is -2.41. The van der Waals surface area contributed by atoms with Gasteiger partial charge in [-0.15, -0.1) is 0 Å². The Morgan fingerprint density at radius 1 is 1.11 bits per heavy atom. The Hall–Kier alpha value is -0.980. The van der Waals surface area contributed by atoms with Crippen molar-refractivity contribution in [2.24, 2.45) is 5.92 Å². The van der Waals surface area contributed by atoms with Crippen LogP contribution in [-0.4, -0.2) is 6.61 Å². The van der Waals surface area contributed by atoms with Crippen LogP contribution in [-0.2, 0) is 11.8 Å². The van der Waals surface area contributed by atoms with Gasteiger partial charge in [-0.1, -0.05) is 45.2 Å². The lowest BCUT2D eigenvalue weighted by molar-refractivity contribution is 0.215. The third-order valence-electron chi connectivity index (χ3n) is 5.12. The average molecular weight is 244 g/mol. The van der Waals surface area contributed by atoms with Gasteiger partial charge in [0.05, 0.1) is 6.61 Å². The Labute approximate surface area is 111 Å². The third-order valence-corrected chi connectivity index (χ3v) is 5.12. The Balaban J connectivity index is 1.99. The second-order valence-electron chi connectivity index (χ2n) is 6.29. The Kier molecular flexibility index (Phi) is 3.09. The van der Waals surface area contributed by atoms with E-state index in [2.05, 4.69) is 32.0 Å². The van der Waals surface area contributed by atoms with Crippen LogP contribution in [0.1, 0.15) is 57.1 Å². The minimum absolute atomic E-state index is 0.402. The summed E-state index contributed by atoms with van der Waals surface area (Å²) in [5.74, 6) is 1.87. The van der Waals surface area contributed by atoms with Crippen molar-refractivity contribution in [2.75, 3.05) is 6.61 Å². The molecule has 0 spiro atoms. The van der Waals surface area contributed by atoms with Crippen molar-refractivity contribution < 1.29 is 4.74 Å². The quantitative estimate of drug-likeness (QED) is 0.745. The number of rotatable bonds is 2. The van der Waals surface area contributed by atoms with Crippen molar-refractivity contribution in [3.05, 3.63) is 29.3 Å². The van der Waals surface area contributed by atoms with Crippen LogP contribution in [0.3, 0.4) is 0 Å². The highest BCUT2D eigenvalue weighted by atomic mass is 16.5. The van der Waals surface area contributed by atoms with Crippen molar-refractivity contribution in [3.8, 4) is 5.75 Å². The van der Waals surface area contributed by atoms with E-state index in [-0.39, 0.29) is 0 Å². The summed E-state index contributed by atoms with van der Waals surface area (Å²) in [5.41, 5.74) is 3.32. The van der Waals surface area contributed by atoms with E-state index >= 15 is 0 Å². The summed E-state index contributed by atoms with van der Waals surface area (Å²) in [6.45, 7) is 5.65. The van der Waals surface area contributed by atoms with Crippen LogP contribution in [0.15, 0.2) is 18.2 Å². The molecule has 0 saturated heterocycles. The van der Waals surface area contributed by atoms with Crippen molar-refractivity contribution in [3.63, 3.8) is 0 Å². The maximum atomic E-state index is 5.75. The van der Waals surface area contributed by atoms with E-state index < -0.39 is 0 Å². The first-order valence-electron chi connectivity index (χ1n) is 7.48. The van der Waals surface area contributed by atoms with E-state index in [1.54, 1.807) is 0 Å². The number of benzene rings is 1. The van der Waals surface area contributed by atoms with Crippen LogP contribution < -0.4 is 4.74 Å². The van der Waals surface area contributed by atoms with Gasteiger partial charge in [-0.3, -0.25) is 0 Å². The van der Waals surface area contributed by atoms with E-state index in [0.29, 0.717) is 5.41 Å². The molecular weight excluding hydrogens is 220 g/mol. The van der Waals surface area contributed by atoms with Crippen molar-refractivity contribution in [1.82, 2.24) is 0 Å². The first-order valence-corrected chi connectivity index (χ1v) is 7.48. The zero-order valence-corrected chi connectivity index (χ0v) is 11.7. The Bertz CT molecular complexity index is 427. The molecule has 1 heterocycles. The minimum Gasteiger partial charge on any atom is -0.493 e. The van der Waals surface area contributed by atoms with Gasteiger partial charge in [0.1, 0.15) is 5.75 Å². The minimum atomic E-state index is 0.402. The number of ether oxygens (including phenoxy) is 1. The molecule has 0 atom stereocenters. The fourth-order valence-electron chi connectivity index (χ4n) is 3.86. The Morgan fingerprint density at radius 3 is 2.61 bits per heavy atom. The smallest absolute Gasteiger partial charge is 0.122 e. The van der Waals surface area contributed by atoms with Gasteiger partial charge < -0.3 is 4.74 Å².